The molecule has 112 valence electrons. The molecule has 1 aliphatic heterocycles. The molecule has 1 heterocycles. The van der Waals surface area contributed by atoms with Crippen molar-refractivity contribution in [2.24, 2.45) is 11.8 Å². The van der Waals surface area contributed by atoms with E-state index in [2.05, 4.69) is 37.9 Å². The molecule has 19 heavy (non-hydrogen) atoms. The fraction of sp³-hybridized carbons (Fsp3) is 1.00. The first-order valence-corrected chi connectivity index (χ1v) is 8.63. The lowest BCUT2D eigenvalue weighted by Gasteiger charge is -2.49. The molecule has 1 aliphatic carbocycles. The summed E-state index contributed by atoms with van der Waals surface area (Å²) < 4.78 is 0. The molecule has 2 unspecified atom stereocenters. The van der Waals surface area contributed by atoms with Crippen LogP contribution in [0.4, 0.5) is 0 Å². The fourth-order valence-electron chi connectivity index (χ4n) is 3.57. The van der Waals surface area contributed by atoms with Crippen molar-refractivity contribution in [2.45, 2.75) is 77.8 Å². The number of hydrogen-bond acceptors (Lipinski definition) is 2. The Morgan fingerprint density at radius 1 is 1.21 bits per heavy atom. The molecule has 0 aromatic heterocycles. The van der Waals surface area contributed by atoms with E-state index in [-0.39, 0.29) is 0 Å². The van der Waals surface area contributed by atoms with E-state index in [0.717, 1.165) is 17.9 Å². The number of nitrogens with one attached hydrogen (secondary N) is 1. The largest absolute Gasteiger partial charge is 0.308 e. The van der Waals surface area contributed by atoms with E-state index in [1.165, 1.54) is 58.2 Å². The number of hydrogen-bond donors (Lipinski definition) is 1. The normalized spacial score (nSPS) is 29.4. The summed E-state index contributed by atoms with van der Waals surface area (Å²) in [4.78, 5) is 2.83. The minimum absolute atomic E-state index is 0.382. The Hall–Kier alpha value is -0.0800. The quantitative estimate of drug-likeness (QED) is 0.756. The Labute approximate surface area is 120 Å². The van der Waals surface area contributed by atoms with Crippen LogP contribution in [0.5, 0.6) is 0 Å². The summed E-state index contributed by atoms with van der Waals surface area (Å²) in [6.45, 7) is 13.3. The van der Waals surface area contributed by atoms with Crippen molar-refractivity contribution < 1.29 is 0 Å². The van der Waals surface area contributed by atoms with Crippen molar-refractivity contribution >= 4 is 0 Å². The monoisotopic (exact) mass is 266 g/mol. The van der Waals surface area contributed by atoms with Gasteiger partial charge in [-0.15, -0.1) is 0 Å². The maximum absolute atomic E-state index is 3.89. The molecule has 0 radical (unpaired) electrons. The van der Waals surface area contributed by atoms with Gasteiger partial charge < -0.3 is 5.32 Å². The van der Waals surface area contributed by atoms with E-state index in [4.69, 9.17) is 0 Å². The summed E-state index contributed by atoms with van der Waals surface area (Å²) in [7, 11) is 0. The van der Waals surface area contributed by atoms with Crippen molar-refractivity contribution in [3.05, 3.63) is 0 Å². The highest BCUT2D eigenvalue weighted by Crippen LogP contribution is 2.34. The lowest BCUT2D eigenvalue weighted by Crippen LogP contribution is -2.65. The summed E-state index contributed by atoms with van der Waals surface area (Å²) in [6.07, 6.45) is 8.25. The molecule has 2 atom stereocenters. The first-order chi connectivity index (χ1) is 9.14. The van der Waals surface area contributed by atoms with Gasteiger partial charge in [-0.3, -0.25) is 4.90 Å². The van der Waals surface area contributed by atoms with Gasteiger partial charge in [0.2, 0.25) is 0 Å². The Morgan fingerprint density at radius 2 is 1.89 bits per heavy atom. The average molecular weight is 266 g/mol. The molecule has 1 saturated carbocycles. The predicted octanol–water partition coefficient (Wildman–Crippen LogP) is 3.67. The third kappa shape index (κ3) is 3.72. The van der Waals surface area contributed by atoms with Gasteiger partial charge in [0.05, 0.1) is 0 Å². The molecule has 2 rings (SSSR count). The van der Waals surface area contributed by atoms with Gasteiger partial charge in [0.25, 0.3) is 0 Å². The van der Waals surface area contributed by atoms with Gasteiger partial charge in [-0.05, 0) is 37.6 Å². The summed E-state index contributed by atoms with van der Waals surface area (Å²) >= 11 is 0. The van der Waals surface area contributed by atoms with Gasteiger partial charge in [-0.25, -0.2) is 0 Å². The standard InChI is InChI=1S/C17H34N2/c1-5-14(4)16-12-18-17(6-2,7-3)13-19(16)11-10-15-8-9-15/h14-16,18H,5-13H2,1-4H3. The summed E-state index contributed by atoms with van der Waals surface area (Å²) in [5, 5.41) is 3.89. The smallest absolute Gasteiger partial charge is 0.0304 e. The molecule has 0 aromatic rings. The molecule has 0 aromatic carbocycles. The van der Waals surface area contributed by atoms with E-state index >= 15 is 0 Å². The van der Waals surface area contributed by atoms with Gasteiger partial charge in [0.1, 0.15) is 0 Å². The summed E-state index contributed by atoms with van der Waals surface area (Å²) in [6, 6.07) is 0.759. The predicted molar refractivity (Wildman–Crippen MR) is 83.5 cm³/mol. The summed E-state index contributed by atoms with van der Waals surface area (Å²) in [5.74, 6) is 1.88. The summed E-state index contributed by atoms with van der Waals surface area (Å²) in [5.41, 5.74) is 0.382. The van der Waals surface area contributed by atoms with Crippen LogP contribution in [0.2, 0.25) is 0 Å². The van der Waals surface area contributed by atoms with E-state index in [1.807, 2.05) is 0 Å². The Balaban J connectivity index is 1.98. The van der Waals surface area contributed by atoms with E-state index in [0.29, 0.717) is 5.54 Å². The third-order valence-electron chi connectivity index (χ3n) is 5.84. The Bertz CT molecular complexity index is 268. The van der Waals surface area contributed by atoms with Crippen LogP contribution in [-0.4, -0.2) is 36.1 Å². The number of rotatable bonds is 7. The molecular weight excluding hydrogens is 232 g/mol. The van der Waals surface area contributed by atoms with E-state index in [1.54, 1.807) is 0 Å². The van der Waals surface area contributed by atoms with Crippen molar-refractivity contribution in [3.8, 4) is 0 Å². The van der Waals surface area contributed by atoms with Crippen molar-refractivity contribution in [3.63, 3.8) is 0 Å². The van der Waals surface area contributed by atoms with Crippen LogP contribution in [0.3, 0.4) is 0 Å². The molecule has 0 spiro atoms. The average Bonchev–Trinajstić information content (AvgIpc) is 3.28. The molecule has 0 amide bonds. The van der Waals surface area contributed by atoms with Crippen LogP contribution in [0, 0.1) is 11.8 Å². The molecule has 2 nitrogen and oxygen atoms in total. The van der Waals surface area contributed by atoms with Crippen LogP contribution in [0.15, 0.2) is 0 Å². The van der Waals surface area contributed by atoms with Crippen molar-refractivity contribution in [1.82, 2.24) is 10.2 Å². The van der Waals surface area contributed by atoms with Gasteiger partial charge >= 0.3 is 0 Å². The van der Waals surface area contributed by atoms with Gasteiger partial charge in [-0.1, -0.05) is 47.0 Å². The topological polar surface area (TPSA) is 15.3 Å². The molecule has 2 heteroatoms. The molecule has 1 N–H and O–H groups in total. The van der Waals surface area contributed by atoms with E-state index in [9.17, 15) is 0 Å². The highest BCUT2D eigenvalue weighted by atomic mass is 15.3. The minimum atomic E-state index is 0.382. The maximum atomic E-state index is 3.89. The van der Waals surface area contributed by atoms with Gasteiger partial charge in [0, 0.05) is 24.7 Å². The Morgan fingerprint density at radius 3 is 2.42 bits per heavy atom. The first kappa shape index (κ1) is 15.3. The second kappa shape index (κ2) is 6.58. The van der Waals surface area contributed by atoms with Crippen molar-refractivity contribution in [1.29, 1.82) is 0 Å². The molecular formula is C17H34N2. The zero-order valence-electron chi connectivity index (χ0n) is 13.5. The zero-order valence-corrected chi connectivity index (χ0v) is 13.5. The SMILES string of the molecule is CCC(C)C1CNC(CC)(CC)CN1CCC1CC1. The third-order valence-corrected chi connectivity index (χ3v) is 5.84. The molecule has 2 aliphatic rings. The first-order valence-electron chi connectivity index (χ1n) is 8.63. The highest BCUT2D eigenvalue weighted by molar-refractivity contribution is 4.98. The van der Waals surface area contributed by atoms with Crippen LogP contribution >= 0.6 is 0 Å². The second-order valence-electron chi connectivity index (χ2n) is 7.02. The lowest BCUT2D eigenvalue weighted by atomic mass is 9.85. The van der Waals surface area contributed by atoms with Gasteiger partial charge in [-0.2, -0.15) is 0 Å². The second-order valence-corrected chi connectivity index (χ2v) is 7.02. The number of piperazine rings is 1. The van der Waals surface area contributed by atoms with Crippen molar-refractivity contribution in [2.75, 3.05) is 19.6 Å². The highest BCUT2D eigenvalue weighted by Gasteiger charge is 2.38. The van der Waals surface area contributed by atoms with Crippen LogP contribution < -0.4 is 5.32 Å². The van der Waals surface area contributed by atoms with Crippen LogP contribution in [0.25, 0.3) is 0 Å². The van der Waals surface area contributed by atoms with Gasteiger partial charge in [0.15, 0.2) is 0 Å². The van der Waals surface area contributed by atoms with E-state index < -0.39 is 0 Å². The molecule has 2 fully saturated rings. The van der Waals surface area contributed by atoms with Crippen LogP contribution in [-0.2, 0) is 0 Å². The zero-order chi connectivity index (χ0) is 13.9. The fourth-order valence-corrected chi connectivity index (χ4v) is 3.57. The minimum Gasteiger partial charge on any atom is -0.308 e. The molecule has 0 bridgehead atoms. The molecule has 1 saturated heterocycles. The maximum Gasteiger partial charge on any atom is 0.0304 e. The number of nitrogens with zero attached hydrogens (tertiary/aromatic N) is 1. The lowest BCUT2D eigenvalue weighted by molar-refractivity contribution is 0.0437. The van der Waals surface area contributed by atoms with Crippen LogP contribution in [0.1, 0.15) is 66.2 Å². The Kier molecular flexibility index (Phi) is 5.30.